The normalized spacial score (nSPS) is 11.8. The lowest BCUT2D eigenvalue weighted by molar-refractivity contribution is -0.0534. The molecule has 0 saturated carbocycles. The Morgan fingerprint density at radius 2 is 1.79 bits per heavy atom. The highest BCUT2D eigenvalue weighted by Crippen LogP contribution is 2.37. The van der Waals surface area contributed by atoms with Crippen molar-refractivity contribution in [1.82, 2.24) is 14.5 Å². The van der Waals surface area contributed by atoms with Gasteiger partial charge in [0.2, 0.25) is 21.7 Å². The van der Waals surface area contributed by atoms with Crippen molar-refractivity contribution in [1.29, 1.82) is 0 Å². The minimum absolute atomic E-state index is 0.103. The third-order valence-electron chi connectivity index (χ3n) is 3.64. The third kappa shape index (κ3) is 3.72. The summed E-state index contributed by atoms with van der Waals surface area (Å²) < 4.78 is 65.6. The molecule has 0 aliphatic rings. The number of benzene rings is 1. The van der Waals surface area contributed by atoms with E-state index in [4.69, 9.17) is 14.6 Å². The van der Waals surface area contributed by atoms with Crippen LogP contribution in [-0.2, 0) is 10.0 Å². The molecule has 2 N–H and O–H groups in total. The number of primary sulfonamides is 1. The van der Waals surface area contributed by atoms with E-state index in [9.17, 15) is 17.2 Å². The van der Waals surface area contributed by atoms with Gasteiger partial charge in [-0.05, 0) is 12.1 Å². The van der Waals surface area contributed by atoms with Crippen LogP contribution in [0.15, 0.2) is 33.8 Å². The Morgan fingerprint density at radius 1 is 1.18 bits per heavy atom. The summed E-state index contributed by atoms with van der Waals surface area (Å²) in [7, 11) is -1.67. The number of ether oxygens (including phenoxy) is 3. The number of rotatable bonds is 6. The molecule has 0 bridgehead atoms. The van der Waals surface area contributed by atoms with Gasteiger partial charge in [-0.2, -0.15) is 18.7 Å². The Kier molecular flexibility index (Phi) is 5.41. The molecule has 150 valence electrons. The number of nitrogens with zero attached hydrogens (tertiary/aromatic N) is 3. The van der Waals surface area contributed by atoms with Crippen LogP contribution in [0.2, 0.25) is 0 Å². The zero-order valence-electron chi connectivity index (χ0n) is 14.4. The molecular weight excluding hydrogens is 466 g/mol. The second-order valence-electron chi connectivity index (χ2n) is 5.32. The quantitative estimate of drug-likeness (QED) is 0.577. The molecule has 0 spiro atoms. The number of hydrogen-bond donors (Lipinski definition) is 1. The first-order valence-corrected chi connectivity index (χ1v) is 9.78. The summed E-state index contributed by atoms with van der Waals surface area (Å²) in [4.78, 5) is 7.91. The summed E-state index contributed by atoms with van der Waals surface area (Å²) in [6, 6.07) is 4.82. The van der Waals surface area contributed by atoms with Crippen LogP contribution in [0.5, 0.6) is 17.5 Å². The Bertz CT molecular complexity index is 1130. The topological polar surface area (TPSA) is 119 Å². The molecule has 0 atom stereocenters. The van der Waals surface area contributed by atoms with Crippen molar-refractivity contribution in [2.45, 2.75) is 11.5 Å². The van der Waals surface area contributed by atoms with Gasteiger partial charge in [-0.3, -0.25) is 4.57 Å². The maximum Gasteiger partial charge on any atom is 0.387 e. The maximum atomic E-state index is 12.7. The summed E-state index contributed by atoms with van der Waals surface area (Å²) in [6.07, 6.45) is 1.22. The van der Waals surface area contributed by atoms with E-state index in [2.05, 4.69) is 30.6 Å². The molecular formula is C15H13BrF2N4O5S. The Balaban J connectivity index is 2.32. The smallest absolute Gasteiger partial charge is 0.387 e. The number of methoxy groups -OCH3 is 2. The number of alkyl halides is 2. The molecule has 0 radical (unpaired) electrons. The first-order chi connectivity index (χ1) is 13.2. The zero-order chi connectivity index (χ0) is 20.6. The van der Waals surface area contributed by atoms with Crippen molar-refractivity contribution in [3.63, 3.8) is 0 Å². The highest BCUT2D eigenvalue weighted by molar-refractivity contribution is 9.10. The molecule has 3 rings (SSSR count). The Hall–Kier alpha value is -2.51. The molecule has 1 aromatic carbocycles. The summed E-state index contributed by atoms with van der Waals surface area (Å²) in [6.45, 7) is -3.16. The molecule has 2 heterocycles. The van der Waals surface area contributed by atoms with E-state index in [1.807, 2.05) is 0 Å². The molecule has 0 aliphatic heterocycles. The van der Waals surface area contributed by atoms with Crippen molar-refractivity contribution in [3.8, 4) is 23.5 Å². The molecule has 2 aromatic heterocycles. The van der Waals surface area contributed by atoms with E-state index in [-0.39, 0.29) is 22.6 Å². The Labute approximate surface area is 166 Å². The number of sulfonamides is 1. The monoisotopic (exact) mass is 478 g/mol. The van der Waals surface area contributed by atoms with E-state index in [1.165, 1.54) is 25.0 Å². The minimum atomic E-state index is -4.06. The van der Waals surface area contributed by atoms with Gasteiger partial charge in [0.05, 0.1) is 19.7 Å². The fourth-order valence-corrected chi connectivity index (χ4v) is 3.62. The summed E-state index contributed by atoms with van der Waals surface area (Å²) in [5.74, 6) is -1.24. The maximum absolute atomic E-state index is 12.7. The molecule has 0 aliphatic carbocycles. The average molecular weight is 479 g/mol. The van der Waals surface area contributed by atoms with Gasteiger partial charge >= 0.3 is 6.61 Å². The highest BCUT2D eigenvalue weighted by Gasteiger charge is 2.24. The van der Waals surface area contributed by atoms with Gasteiger partial charge in [-0.1, -0.05) is 22.0 Å². The van der Waals surface area contributed by atoms with Gasteiger partial charge in [0, 0.05) is 16.1 Å². The molecule has 0 fully saturated rings. The van der Waals surface area contributed by atoms with E-state index >= 15 is 0 Å². The average Bonchev–Trinajstić information content (AvgIpc) is 3.00. The predicted octanol–water partition coefficient (Wildman–Crippen LogP) is 2.45. The van der Waals surface area contributed by atoms with Crippen molar-refractivity contribution >= 4 is 36.9 Å². The lowest BCUT2D eigenvalue weighted by Gasteiger charge is -2.14. The van der Waals surface area contributed by atoms with Gasteiger partial charge in [-0.25, -0.2) is 13.6 Å². The van der Waals surface area contributed by atoms with Crippen LogP contribution < -0.4 is 19.3 Å². The lowest BCUT2D eigenvalue weighted by atomic mass is 10.2. The largest absolute Gasteiger partial charge is 0.478 e. The van der Waals surface area contributed by atoms with Crippen molar-refractivity contribution in [2.24, 2.45) is 5.14 Å². The van der Waals surface area contributed by atoms with Crippen LogP contribution in [-0.4, -0.2) is 43.8 Å². The fourth-order valence-electron chi connectivity index (χ4n) is 2.53. The summed E-state index contributed by atoms with van der Waals surface area (Å²) in [5, 5.41) is 5.62. The predicted molar refractivity (Wildman–Crippen MR) is 97.7 cm³/mol. The summed E-state index contributed by atoms with van der Waals surface area (Å²) >= 11 is 3.31. The van der Waals surface area contributed by atoms with Crippen LogP contribution in [0.25, 0.3) is 16.9 Å². The fraction of sp³-hybridized carbons (Fsp3) is 0.200. The second-order valence-corrected chi connectivity index (χ2v) is 7.77. The number of aromatic nitrogens is 3. The van der Waals surface area contributed by atoms with Crippen molar-refractivity contribution in [3.05, 3.63) is 28.9 Å². The van der Waals surface area contributed by atoms with Crippen LogP contribution in [0.3, 0.4) is 0 Å². The molecule has 3 aromatic rings. The Morgan fingerprint density at radius 3 is 2.29 bits per heavy atom. The van der Waals surface area contributed by atoms with Crippen molar-refractivity contribution < 1.29 is 31.4 Å². The van der Waals surface area contributed by atoms with Crippen LogP contribution in [0, 0.1) is 0 Å². The summed E-state index contributed by atoms with van der Waals surface area (Å²) in [5.41, 5.74) is 0.394. The lowest BCUT2D eigenvalue weighted by Crippen LogP contribution is -2.12. The SMILES string of the molecule is COc1nc(-n2cc(S(N)(=O)=O)c3ccc(Br)cc32)nc(OC)c1OC(F)F. The zero-order valence-corrected chi connectivity index (χ0v) is 16.8. The number of hydrogen-bond acceptors (Lipinski definition) is 7. The number of halogens is 3. The third-order valence-corrected chi connectivity index (χ3v) is 5.07. The standard InChI is InChI=1S/C15H13BrF2N4O5S/c1-25-12-11(27-14(17)18)13(26-2)21-15(20-12)22-6-10(28(19,23)24)8-4-3-7(16)5-9(8)22/h3-6,14H,1-2H3,(H2,19,23,24). The second kappa shape index (κ2) is 7.48. The van der Waals surface area contributed by atoms with Gasteiger partial charge in [0.25, 0.3) is 11.8 Å². The van der Waals surface area contributed by atoms with Crippen LogP contribution in [0.1, 0.15) is 0 Å². The minimum Gasteiger partial charge on any atom is -0.478 e. The molecule has 13 heteroatoms. The van der Waals surface area contributed by atoms with Gasteiger partial charge in [0.15, 0.2) is 0 Å². The van der Waals surface area contributed by atoms with Crippen LogP contribution in [0.4, 0.5) is 8.78 Å². The number of fused-ring (bicyclic) bond motifs is 1. The van der Waals surface area contributed by atoms with Gasteiger partial charge in [-0.15, -0.1) is 0 Å². The highest BCUT2D eigenvalue weighted by atomic mass is 79.9. The van der Waals surface area contributed by atoms with Gasteiger partial charge < -0.3 is 14.2 Å². The molecule has 28 heavy (non-hydrogen) atoms. The van der Waals surface area contributed by atoms with E-state index in [0.29, 0.717) is 15.4 Å². The van der Waals surface area contributed by atoms with E-state index < -0.39 is 22.4 Å². The van der Waals surface area contributed by atoms with Crippen LogP contribution >= 0.6 is 15.9 Å². The van der Waals surface area contributed by atoms with Crippen molar-refractivity contribution in [2.75, 3.05) is 14.2 Å². The first kappa shape index (κ1) is 20.2. The first-order valence-electron chi connectivity index (χ1n) is 7.44. The molecule has 0 saturated heterocycles. The molecule has 0 unspecified atom stereocenters. The molecule has 9 nitrogen and oxygen atoms in total. The van der Waals surface area contributed by atoms with Gasteiger partial charge in [0.1, 0.15) is 4.90 Å². The molecule has 0 amide bonds. The van der Waals surface area contributed by atoms with E-state index in [1.54, 1.807) is 18.2 Å². The number of nitrogens with two attached hydrogens (primary N) is 1. The van der Waals surface area contributed by atoms with E-state index in [0.717, 1.165) is 0 Å².